The Hall–Kier alpha value is -1.65. The fraction of sp³-hybridized carbons (Fsp3) is 0.400. The van der Waals surface area contributed by atoms with Gasteiger partial charge in [0.1, 0.15) is 16.9 Å². The average Bonchev–Trinajstić information content (AvgIpc) is 2.83. The summed E-state index contributed by atoms with van der Waals surface area (Å²) in [5.41, 5.74) is 1.53. The Balaban J connectivity index is 2.00. The number of nitrogens with one attached hydrogen (secondary N) is 2. The van der Waals surface area contributed by atoms with E-state index in [9.17, 15) is 0 Å². The number of fused-ring (bicyclic) bond motifs is 1. The molecule has 6 nitrogen and oxygen atoms in total. The lowest BCUT2D eigenvalue weighted by atomic mass is 10.3. The van der Waals surface area contributed by atoms with Crippen LogP contribution in [0.25, 0.3) is 11.2 Å². The van der Waals surface area contributed by atoms with Gasteiger partial charge < -0.3 is 10.3 Å². The molecule has 0 radical (unpaired) electrons. The quantitative estimate of drug-likeness (QED) is 0.604. The third kappa shape index (κ3) is 2.72. The zero-order valence-electron chi connectivity index (χ0n) is 9.34. The Morgan fingerprint density at radius 1 is 1.53 bits per heavy atom. The molecule has 0 aliphatic heterocycles. The fourth-order valence-corrected chi connectivity index (χ4v) is 2.36. The van der Waals surface area contributed by atoms with E-state index < -0.39 is 0 Å². The van der Waals surface area contributed by atoms with Crippen LogP contribution < -0.4 is 5.32 Å². The topological polar surface area (TPSA) is 90.3 Å². The standard InChI is InChI=1S/C10H12N6S/c1-12-7(4-11)2-3-17-10-8-9(14-5-13-8)15-6-16-10/h5-7,12H,2-3H2,1H3,(H,13,14,15,16). The normalized spacial score (nSPS) is 12.5. The molecule has 1 unspecified atom stereocenters. The molecule has 0 fully saturated rings. The van der Waals surface area contributed by atoms with Crippen LogP contribution in [0.4, 0.5) is 0 Å². The number of rotatable bonds is 5. The van der Waals surface area contributed by atoms with E-state index in [0.717, 1.165) is 22.7 Å². The summed E-state index contributed by atoms with van der Waals surface area (Å²) in [7, 11) is 1.79. The van der Waals surface area contributed by atoms with Crippen LogP contribution in [0, 0.1) is 11.3 Å². The zero-order chi connectivity index (χ0) is 12.1. The first-order valence-electron chi connectivity index (χ1n) is 5.19. The molecule has 0 amide bonds. The van der Waals surface area contributed by atoms with Gasteiger partial charge in [-0.15, -0.1) is 11.8 Å². The minimum Gasteiger partial charge on any atom is -0.341 e. The van der Waals surface area contributed by atoms with Gasteiger partial charge in [-0.3, -0.25) is 0 Å². The first-order chi connectivity index (χ1) is 8.35. The highest BCUT2D eigenvalue weighted by Crippen LogP contribution is 2.22. The first-order valence-corrected chi connectivity index (χ1v) is 6.17. The van der Waals surface area contributed by atoms with Gasteiger partial charge in [-0.25, -0.2) is 15.0 Å². The molecule has 0 saturated heterocycles. The third-order valence-electron chi connectivity index (χ3n) is 2.34. The molecular formula is C10H12N6S. The minimum atomic E-state index is -0.110. The predicted octanol–water partition coefficient (Wildman–Crippen LogP) is 0.947. The Morgan fingerprint density at radius 2 is 2.41 bits per heavy atom. The van der Waals surface area contributed by atoms with Crippen LogP contribution in [0.2, 0.25) is 0 Å². The van der Waals surface area contributed by atoms with Crippen molar-refractivity contribution in [3.05, 3.63) is 12.7 Å². The zero-order valence-corrected chi connectivity index (χ0v) is 10.2. The third-order valence-corrected chi connectivity index (χ3v) is 3.36. The van der Waals surface area contributed by atoms with E-state index >= 15 is 0 Å². The number of nitriles is 1. The first kappa shape index (κ1) is 11.8. The molecule has 0 bridgehead atoms. The van der Waals surface area contributed by atoms with Gasteiger partial charge >= 0.3 is 0 Å². The summed E-state index contributed by atoms with van der Waals surface area (Å²) >= 11 is 1.60. The van der Waals surface area contributed by atoms with E-state index in [4.69, 9.17) is 5.26 Å². The average molecular weight is 248 g/mol. The predicted molar refractivity (Wildman–Crippen MR) is 65.5 cm³/mol. The Labute approximate surface area is 103 Å². The molecule has 0 spiro atoms. The van der Waals surface area contributed by atoms with E-state index in [1.54, 1.807) is 25.1 Å². The molecule has 2 N–H and O–H groups in total. The van der Waals surface area contributed by atoms with Crippen molar-refractivity contribution in [1.29, 1.82) is 5.26 Å². The highest BCUT2D eigenvalue weighted by molar-refractivity contribution is 7.99. The maximum absolute atomic E-state index is 8.80. The highest BCUT2D eigenvalue weighted by atomic mass is 32.2. The lowest BCUT2D eigenvalue weighted by Gasteiger charge is -2.06. The number of hydrogen-bond donors (Lipinski definition) is 2. The second kappa shape index (κ2) is 5.61. The van der Waals surface area contributed by atoms with E-state index in [-0.39, 0.29) is 6.04 Å². The highest BCUT2D eigenvalue weighted by Gasteiger charge is 2.08. The smallest absolute Gasteiger partial charge is 0.181 e. The number of imidazole rings is 1. The molecule has 2 heterocycles. The van der Waals surface area contributed by atoms with Gasteiger partial charge in [-0.1, -0.05) is 0 Å². The molecule has 0 aliphatic rings. The van der Waals surface area contributed by atoms with Gasteiger partial charge in [0.15, 0.2) is 5.65 Å². The molecule has 7 heteroatoms. The second-order valence-corrected chi connectivity index (χ2v) is 4.47. The van der Waals surface area contributed by atoms with Crippen LogP contribution in [0.15, 0.2) is 17.7 Å². The lowest BCUT2D eigenvalue weighted by molar-refractivity contribution is 0.663. The molecule has 0 saturated carbocycles. The molecule has 1 atom stereocenters. The minimum absolute atomic E-state index is 0.110. The number of aromatic amines is 1. The van der Waals surface area contributed by atoms with Crippen molar-refractivity contribution in [2.24, 2.45) is 0 Å². The summed E-state index contributed by atoms with van der Waals surface area (Å²) in [6, 6.07) is 2.08. The maximum Gasteiger partial charge on any atom is 0.181 e. The Bertz CT molecular complexity index is 531. The summed E-state index contributed by atoms with van der Waals surface area (Å²) < 4.78 is 0. The van der Waals surface area contributed by atoms with Crippen molar-refractivity contribution >= 4 is 22.9 Å². The summed E-state index contributed by atoms with van der Waals surface area (Å²) in [4.78, 5) is 15.3. The van der Waals surface area contributed by atoms with Crippen molar-refractivity contribution in [3.8, 4) is 6.07 Å². The van der Waals surface area contributed by atoms with E-state index in [2.05, 4.69) is 31.3 Å². The van der Waals surface area contributed by atoms with Gasteiger partial charge in [0, 0.05) is 5.75 Å². The molecule has 88 valence electrons. The molecule has 0 aliphatic carbocycles. The number of aromatic nitrogens is 4. The molecule has 2 aromatic heterocycles. The van der Waals surface area contributed by atoms with Crippen LogP contribution in [0.1, 0.15) is 6.42 Å². The molecular weight excluding hydrogens is 236 g/mol. The number of thioether (sulfide) groups is 1. The van der Waals surface area contributed by atoms with Crippen molar-refractivity contribution in [2.45, 2.75) is 17.5 Å². The van der Waals surface area contributed by atoms with Crippen LogP contribution in [0.3, 0.4) is 0 Å². The van der Waals surface area contributed by atoms with Crippen LogP contribution in [-0.2, 0) is 0 Å². The largest absolute Gasteiger partial charge is 0.341 e. The van der Waals surface area contributed by atoms with Crippen molar-refractivity contribution in [3.63, 3.8) is 0 Å². The van der Waals surface area contributed by atoms with Crippen LogP contribution in [-0.4, -0.2) is 38.8 Å². The monoisotopic (exact) mass is 248 g/mol. The van der Waals surface area contributed by atoms with Crippen molar-refractivity contribution in [1.82, 2.24) is 25.3 Å². The number of hydrogen-bond acceptors (Lipinski definition) is 6. The summed E-state index contributed by atoms with van der Waals surface area (Å²) in [5, 5.41) is 12.6. The lowest BCUT2D eigenvalue weighted by Crippen LogP contribution is -2.23. The number of H-pyrrole nitrogens is 1. The van der Waals surface area contributed by atoms with Crippen molar-refractivity contribution in [2.75, 3.05) is 12.8 Å². The SMILES string of the molecule is CNC(C#N)CCSc1ncnc2nc[nH]c12. The van der Waals surface area contributed by atoms with Crippen molar-refractivity contribution < 1.29 is 0 Å². The van der Waals surface area contributed by atoms with E-state index in [0.29, 0.717) is 5.65 Å². The summed E-state index contributed by atoms with van der Waals surface area (Å²) in [6.45, 7) is 0. The Kier molecular flexibility index (Phi) is 3.90. The van der Waals surface area contributed by atoms with Crippen LogP contribution >= 0.6 is 11.8 Å². The second-order valence-electron chi connectivity index (χ2n) is 3.39. The molecule has 0 aromatic carbocycles. The summed E-state index contributed by atoms with van der Waals surface area (Å²) in [5.74, 6) is 0.824. The van der Waals surface area contributed by atoms with E-state index in [1.807, 2.05) is 0 Å². The maximum atomic E-state index is 8.80. The molecule has 2 aromatic rings. The molecule has 2 rings (SSSR count). The van der Waals surface area contributed by atoms with E-state index in [1.165, 1.54) is 6.33 Å². The van der Waals surface area contributed by atoms with Gasteiger partial charge in [-0.2, -0.15) is 5.26 Å². The summed E-state index contributed by atoms with van der Waals surface area (Å²) in [6.07, 6.45) is 3.89. The van der Waals surface area contributed by atoms with Gasteiger partial charge in [0.05, 0.1) is 18.4 Å². The number of nitrogens with zero attached hydrogens (tertiary/aromatic N) is 4. The van der Waals surface area contributed by atoms with Gasteiger partial charge in [-0.05, 0) is 13.5 Å². The fourth-order valence-electron chi connectivity index (χ4n) is 1.40. The van der Waals surface area contributed by atoms with Gasteiger partial charge in [0.25, 0.3) is 0 Å². The van der Waals surface area contributed by atoms with Gasteiger partial charge in [0.2, 0.25) is 0 Å². The molecule has 17 heavy (non-hydrogen) atoms. The van der Waals surface area contributed by atoms with Crippen LogP contribution in [0.5, 0.6) is 0 Å². The Morgan fingerprint density at radius 3 is 3.18 bits per heavy atom.